The second kappa shape index (κ2) is 9.02. The first-order valence-electron chi connectivity index (χ1n) is 7.34. The number of thiocarbonyl (C=S) groups is 1. The Kier molecular flexibility index (Phi) is 7.02. The molecule has 0 saturated carbocycles. The first kappa shape index (κ1) is 20.2. The number of hydrogen-bond donors (Lipinski definition) is 2. The standard InChI is InChI=1S/C17H18Cl2N2O4S/c1-22-13-7-15(24-3)11(5-9(13)18)20-17(26)21-12-6-10(19)14(23-2)8-16(12)25-4/h5-8H,1-4H3,(H2,20,21,26). The van der Waals surface area contributed by atoms with Gasteiger partial charge in [0.25, 0.3) is 0 Å². The average molecular weight is 417 g/mol. The minimum absolute atomic E-state index is 0.295. The predicted octanol–water partition coefficient (Wildman–Crippen LogP) is 4.84. The second-order valence-electron chi connectivity index (χ2n) is 4.95. The summed E-state index contributed by atoms with van der Waals surface area (Å²) in [4.78, 5) is 0. The normalized spacial score (nSPS) is 10.1. The molecule has 0 radical (unpaired) electrons. The Morgan fingerprint density at radius 2 is 1.04 bits per heavy atom. The van der Waals surface area contributed by atoms with Crippen LogP contribution in [0.1, 0.15) is 0 Å². The summed E-state index contributed by atoms with van der Waals surface area (Å²) in [6.45, 7) is 0. The van der Waals surface area contributed by atoms with E-state index >= 15 is 0 Å². The quantitative estimate of drug-likeness (QED) is 0.653. The summed E-state index contributed by atoms with van der Waals surface area (Å²) >= 11 is 17.7. The summed E-state index contributed by atoms with van der Waals surface area (Å²) in [5.41, 5.74) is 1.16. The maximum Gasteiger partial charge on any atom is 0.175 e. The molecular weight excluding hydrogens is 399 g/mol. The summed E-state index contributed by atoms with van der Waals surface area (Å²) in [6.07, 6.45) is 0. The molecule has 2 aromatic rings. The van der Waals surface area contributed by atoms with Gasteiger partial charge in [-0.1, -0.05) is 23.2 Å². The Morgan fingerprint density at radius 3 is 1.35 bits per heavy atom. The highest BCUT2D eigenvalue weighted by molar-refractivity contribution is 7.80. The molecule has 0 aliphatic rings. The fraction of sp³-hybridized carbons (Fsp3) is 0.235. The number of hydrogen-bond acceptors (Lipinski definition) is 5. The van der Waals surface area contributed by atoms with E-state index in [1.807, 2.05) is 0 Å². The number of ether oxygens (including phenoxy) is 4. The average Bonchev–Trinajstić information content (AvgIpc) is 2.62. The monoisotopic (exact) mass is 416 g/mol. The zero-order valence-electron chi connectivity index (χ0n) is 14.6. The zero-order chi connectivity index (χ0) is 19.3. The van der Waals surface area contributed by atoms with Crippen LogP contribution in [0.2, 0.25) is 10.0 Å². The van der Waals surface area contributed by atoms with Crippen LogP contribution < -0.4 is 29.6 Å². The van der Waals surface area contributed by atoms with Crippen molar-refractivity contribution in [1.29, 1.82) is 0 Å². The maximum atomic E-state index is 6.17. The third kappa shape index (κ3) is 4.55. The fourth-order valence-corrected chi connectivity index (χ4v) is 2.89. The Bertz CT molecular complexity index is 752. The topological polar surface area (TPSA) is 61.0 Å². The van der Waals surface area contributed by atoms with Crippen LogP contribution in [0, 0.1) is 0 Å². The van der Waals surface area contributed by atoms with Crippen LogP contribution >= 0.6 is 35.4 Å². The van der Waals surface area contributed by atoms with Crippen LogP contribution in [-0.4, -0.2) is 33.6 Å². The van der Waals surface area contributed by atoms with Crippen molar-refractivity contribution in [3.63, 3.8) is 0 Å². The number of anilines is 2. The molecule has 0 bridgehead atoms. The molecule has 0 heterocycles. The van der Waals surface area contributed by atoms with Gasteiger partial charge in [0, 0.05) is 12.1 Å². The highest BCUT2D eigenvalue weighted by Gasteiger charge is 2.14. The molecule has 26 heavy (non-hydrogen) atoms. The minimum Gasteiger partial charge on any atom is -0.495 e. The van der Waals surface area contributed by atoms with Crippen molar-refractivity contribution in [2.75, 3.05) is 39.1 Å². The van der Waals surface area contributed by atoms with E-state index in [1.54, 1.807) is 24.3 Å². The molecule has 140 valence electrons. The smallest absolute Gasteiger partial charge is 0.175 e. The van der Waals surface area contributed by atoms with Crippen LogP contribution in [0.5, 0.6) is 23.0 Å². The molecule has 0 unspecified atom stereocenters. The first-order valence-corrected chi connectivity index (χ1v) is 8.51. The summed E-state index contributed by atoms with van der Waals surface area (Å²) in [5, 5.41) is 7.19. The van der Waals surface area contributed by atoms with Crippen LogP contribution in [0.15, 0.2) is 24.3 Å². The molecule has 0 aliphatic carbocycles. The van der Waals surface area contributed by atoms with Gasteiger partial charge in [0.1, 0.15) is 23.0 Å². The molecule has 2 rings (SSSR count). The summed E-state index contributed by atoms with van der Waals surface area (Å²) in [5.74, 6) is 2.04. The Labute approximate surface area is 167 Å². The molecule has 0 aromatic heterocycles. The lowest BCUT2D eigenvalue weighted by molar-refractivity contribution is 0.396. The van der Waals surface area contributed by atoms with Crippen LogP contribution in [-0.2, 0) is 0 Å². The third-order valence-electron chi connectivity index (χ3n) is 3.44. The van der Waals surface area contributed by atoms with E-state index in [2.05, 4.69) is 10.6 Å². The van der Waals surface area contributed by atoms with Gasteiger partial charge in [-0.05, 0) is 24.4 Å². The molecule has 2 aromatic carbocycles. The van der Waals surface area contributed by atoms with Gasteiger partial charge in [-0.2, -0.15) is 0 Å². The molecule has 0 saturated heterocycles. The Morgan fingerprint density at radius 1 is 0.692 bits per heavy atom. The Balaban J connectivity index is 2.24. The zero-order valence-corrected chi connectivity index (χ0v) is 16.9. The van der Waals surface area contributed by atoms with Crippen molar-refractivity contribution < 1.29 is 18.9 Å². The lowest BCUT2D eigenvalue weighted by atomic mass is 10.2. The van der Waals surface area contributed by atoms with E-state index in [4.69, 9.17) is 54.4 Å². The lowest BCUT2D eigenvalue weighted by Gasteiger charge is -2.17. The molecule has 0 fully saturated rings. The number of methoxy groups -OCH3 is 4. The molecule has 0 amide bonds. The van der Waals surface area contributed by atoms with Crippen molar-refractivity contribution >= 4 is 51.9 Å². The predicted molar refractivity (Wildman–Crippen MR) is 109 cm³/mol. The van der Waals surface area contributed by atoms with E-state index in [0.717, 1.165) is 0 Å². The summed E-state index contributed by atoms with van der Waals surface area (Å²) in [7, 11) is 6.13. The SMILES string of the molecule is COc1cc(OC)c(NC(=S)Nc2cc(Cl)c(OC)cc2OC)cc1Cl. The van der Waals surface area contributed by atoms with Gasteiger partial charge < -0.3 is 29.6 Å². The molecule has 6 nitrogen and oxygen atoms in total. The van der Waals surface area contributed by atoms with Crippen LogP contribution in [0.25, 0.3) is 0 Å². The van der Waals surface area contributed by atoms with Crippen molar-refractivity contribution in [2.45, 2.75) is 0 Å². The molecule has 0 aliphatic heterocycles. The van der Waals surface area contributed by atoms with Gasteiger partial charge in [0.05, 0.1) is 49.9 Å². The molecule has 0 atom stereocenters. The molecule has 9 heteroatoms. The van der Waals surface area contributed by atoms with Crippen molar-refractivity contribution in [1.82, 2.24) is 0 Å². The lowest BCUT2D eigenvalue weighted by Crippen LogP contribution is -2.20. The Hall–Kier alpha value is -2.09. The van der Waals surface area contributed by atoms with Crippen molar-refractivity contribution in [3.8, 4) is 23.0 Å². The molecule has 0 spiro atoms. The molecular formula is C17H18Cl2N2O4S. The van der Waals surface area contributed by atoms with Gasteiger partial charge in [0.2, 0.25) is 0 Å². The number of nitrogens with one attached hydrogen (secondary N) is 2. The number of halogens is 2. The highest BCUT2D eigenvalue weighted by atomic mass is 35.5. The third-order valence-corrected chi connectivity index (χ3v) is 4.24. The summed E-state index contributed by atoms with van der Waals surface area (Å²) in [6, 6.07) is 6.65. The maximum absolute atomic E-state index is 6.17. The van der Waals surface area contributed by atoms with E-state index in [-0.39, 0.29) is 0 Å². The van der Waals surface area contributed by atoms with Crippen molar-refractivity contribution in [3.05, 3.63) is 34.3 Å². The van der Waals surface area contributed by atoms with Gasteiger partial charge in [-0.15, -0.1) is 0 Å². The second-order valence-corrected chi connectivity index (χ2v) is 6.18. The van der Waals surface area contributed by atoms with E-state index in [1.165, 1.54) is 28.4 Å². The van der Waals surface area contributed by atoms with E-state index < -0.39 is 0 Å². The molecule has 2 N–H and O–H groups in total. The largest absolute Gasteiger partial charge is 0.495 e. The van der Waals surface area contributed by atoms with Gasteiger partial charge in [-0.3, -0.25) is 0 Å². The summed E-state index contributed by atoms with van der Waals surface area (Å²) < 4.78 is 21.0. The van der Waals surface area contributed by atoms with E-state index in [9.17, 15) is 0 Å². The number of rotatable bonds is 6. The van der Waals surface area contributed by atoms with Crippen LogP contribution in [0.3, 0.4) is 0 Å². The fourth-order valence-electron chi connectivity index (χ4n) is 2.19. The van der Waals surface area contributed by atoms with Gasteiger partial charge in [-0.25, -0.2) is 0 Å². The van der Waals surface area contributed by atoms with E-state index in [0.29, 0.717) is 49.5 Å². The highest BCUT2D eigenvalue weighted by Crippen LogP contribution is 2.37. The van der Waals surface area contributed by atoms with Gasteiger partial charge >= 0.3 is 0 Å². The van der Waals surface area contributed by atoms with Crippen LogP contribution in [0.4, 0.5) is 11.4 Å². The first-order chi connectivity index (χ1) is 12.4. The van der Waals surface area contributed by atoms with Gasteiger partial charge in [0.15, 0.2) is 5.11 Å². The number of benzene rings is 2. The van der Waals surface area contributed by atoms with Crippen molar-refractivity contribution in [2.24, 2.45) is 0 Å². The minimum atomic E-state index is 0.295.